The molecule has 7 nitrogen and oxygen atoms in total. The Kier molecular flexibility index (Phi) is 7.66. The topological polar surface area (TPSA) is 122 Å². The van der Waals surface area contributed by atoms with Crippen molar-refractivity contribution in [1.82, 2.24) is 0 Å². The SMILES string of the molecule is Cc1cc(S(N)(=O)=O)ccc1NC(=O)Cc1ccc(Oc2cc(C#N)cc(C(F)F)c2)c(Br)c1. The normalized spacial score (nSPS) is 11.2. The number of carbonyl (C=O) groups is 1. The van der Waals surface area contributed by atoms with Gasteiger partial charge in [-0.25, -0.2) is 22.3 Å². The lowest BCUT2D eigenvalue weighted by Gasteiger charge is -2.12. The van der Waals surface area contributed by atoms with Crippen LogP contribution in [-0.4, -0.2) is 14.3 Å². The van der Waals surface area contributed by atoms with E-state index in [0.717, 1.165) is 12.1 Å². The maximum Gasteiger partial charge on any atom is 0.264 e. The van der Waals surface area contributed by atoms with Crippen molar-refractivity contribution in [3.8, 4) is 17.6 Å². The van der Waals surface area contributed by atoms with E-state index in [-0.39, 0.29) is 34.1 Å². The molecule has 0 aliphatic heterocycles. The van der Waals surface area contributed by atoms with Crippen LogP contribution in [-0.2, 0) is 21.2 Å². The van der Waals surface area contributed by atoms with Gasteiger partial charge in [-0.3, -0.25) is 4.79 Å². The number of ether oxygens (including phenoxy) is 1. The Bertz CT molecular complexity index is 1410. The van der Waals surface area contributed by atoms with E-state index in [1.54, 1.807) is 25.1 Å². The number of alkyl halides is 2. The molecule has 0 atom stereocenters. The number of aryl methyl sites for hydroxylation is 1. The van der Waals surface area contributed by atoms with Crippen molar-refractivity contribution in [3.05, 3.63) is 81.3 Å². The molecule has 34 heavy (non-hydrogen) atoms. The second kappa shape index (κ2) is 10.3. The maximum absolute atomic E-state index is 13.1. The first-order chi connectivity index (χ1) is 16.0. The zero-order valence-electron chi connectivity index (χ0n) is 17.7. The molecule has 0 fully saturated rings. The van der Waals surface area contributed by atoms with E-state index in [9.17, 15) is 22.0 Å². The van der Waals surface area contributed by atoms with Crippen molar-refractivity contribution in [3.63, 3.8) is 0 Å². The van der Waals surface area contributed by atoms with Gasteiger partial charge in [0.2, 0.25) is 15.9 Å². The molecule has 1 amide bonds. The molecular weight excluding hydrogens is 532 g/mol. The van der Waals surface area contributed by atoms with E-state index in [2.05, 4.69) is 21.2 Å². The molecule has 0 radical (unpaired) electrons. The Balaban J connectivity index is 1.72. The molecular formula is C23H18BrF2N3O4S. The molecule has 0 spiro atoms. The molecule has 3 rings (SSSR count). The standard InChI is InChI=1S/C23H18BrF2N3O4S/c1-13-6-18(34(28,31)32)3-4-20(13)29-22(30)10-14-2-5-21(19(24)9-14)33-17-8-15(12-27)7-16(11-17)23(25)26/h2-9,11,23H,10H2,1H3,(H,29,30)(H2,28,31,32). The van der Waals surface area contributed by atoms with Crippen molar-refractivity contribution >= 4 is 37.5 Å². The summed E-state index contributed by atoms with van der Waals surface area (Å²) in [6.07, 6.45) is -2.74. The van der Waals surface area contributed by atoms with Gasteiger partial charge in [-0.15, -0.1) is 0 Å². The van der Waals surface area contributed by atoms with Crippen molar-refractivity contribution in [2.24, 2.45) is 5.14 Å². The van der Waals surface area contributed by atoms with Gasteiger partial charge in [-0.2, -0.15) is 5.26 Å². The van der Waals surface area contributed by atoms with Gasteiger partial charge in [0.05, 0.1) is 27.4 Å². The van der Waals surface area contributed by atoms with Crippen molar-refractivity contribution < 1.29 is 26.7 Å². The van der Waals surface area contributed by atoms with Gasteiger partial charge in [0.1, 0.15) is 11.5 Å². The Hall–Kier alpha value is -3.33. The van der Waals surface area contributed by atoms with Crippen LogP contribution in [0.1, 0.15) is 28.7 Å². The Labute approximate surface area is 203 Å². The highest BCUT2D eigenvalue weighted by molar-refractivity contribution is 9.10. The molecule has 0 aliphatic rings. The molecule has 3 N–H and O–H groups in total. The molecule has 0 aliphatic carbocycles. The summed E-state index contributed by atoms with van der Waals surface area (Å²) in [5.74, 6) is 0.0585. The summed E-state index contributed by atoms with van der Waals surface area (Å²) in [6.45, 7) is 1.65. The number of anilines is 1. The molecule has 0 saturated heterocycles. The highest BCUT2D eigenvalue weighted by Gasteiger charge is 2.14. The molecule has 11 heteroatoms. The summed E-state index contributed by atoms with van der Waals surface area (Å²) in [5.41, 5.74) is 1.33. The van der Waals surface area contributed by atoms with Crippen molar-refractivity contribution in [2.75, 3.05) is 5.32 Å². The number of hydrogen-bond acceptors (Lipinski definition) is 5. The number of nitriles is 1. The van der Waals surface area contributed by atoms with Gasteiger partial charge < -0.3 is 10.1 Å². The fraction of sp³-hybridized carbons (Fsp3) is 0.130. The first kappa shape index (κ1) is 25.3. The second-order valence-electron chi connectivity index (χ2n) is 7.32. The van der Waals surface area contributed by atoms with E-state index < -0.39 is 16.4 Å². The molecule has 0 bridgehead atoms. The number of halogens is 3. The number of primary sulfonamides is 1. The summed E-state index contributed by atoms with van der Waals surface area (Å²) in [4.78, 5) is 12.4. The zero-order valence-corrected chi connectivity index (χ0v) is 20.1. The van der Waals surface area contributed by atoms with Crippen LogP contribution >= 0.6 is 15.9 Å². The van der Waals surface area contributed by atoms with Gasteiger partial charge in [-0.05, 0) is 82.5 Å². The van der Waals surface area contributed by atoms with Crippen molar-refractivity contribution in [2.45, 2.75) is 24.7 Å². The Morgan fingerprint density at radius 2 is 1.91 bits per heavy atom. The second-order valence-corrected chi connectivity index (χ2v) is 9.73. The third kappa shape index (κ3) is 6.38. The minimum Gasteiger partial charge on any atom is -0.456 e. The molecule has 176 valence electrons. The fourth-order valence-corrected chi connectivity index (χ4v) is 4.17. The van der Waals surface area contributed by atoms with Gasteiger partial charge in [0.25, 0.3) is 6.43 Å². The van der Waals surface area contributed by atoms with Crippen LogP contribution in [0.4, 0.5) is 14.5 Å². The lowest BCUT2D eigenvalue weighted by Crippen LogP contribution is -2.16. The Morgan fingerprint density at radius 1 is 1.18 bits per heavy atom. The average molecular weight is 550 g/mol. The first-order valence-corrected chi connectivity index (χ1v) is 12.0. The van der Waals surface area contributed by atoms with Crippen LogP contribution in [0.3, 0.4) is 0 Å². The van der Waals surface area contributed by atoms with E-state index >= 15 is 0 Å². The predicted octanol–water partition coefficient (Wildman–Crippen LogP) is 5.19. The van der Waals surface area contributed by atoms with Gasteiger partial charge in [-0.1, -0.05) is 6.07 Å². The monoisotopic (exact) mass is 549 g/mol. The summed E-state index contributed by atoms with van der Waals surface area (Å²) in [7, 11) is -3.84. The number of nitrogens with two attached hydrogens (primary N) is 1. The molecule has 0 heterocycles. The minimum atomic E-state index is -3.84. The number of amides is 1. The van der Waals surface area contributed by atoms with Crippen LogP contribution in [0.5, 0.6) is 11.5 Å². The third-order valence-electron chi connectivity index (χ3n) is 4.70. The number of hydrogen-bond donors (Lipinski definition) is 2. The molecule has 3 aromatic rings. The minimum absolute atomic E-state index is 0.00864. The van der Waals surface area contributed by atoms with Crippen LogP contribution in [0.25, 0.3) is 0 Å². The van der Waals surface area contributed by atoms with Crippen LogP contribution in [0.15, 0.2) is 64.0 Å². The molecule has 0 unspecified atom stereocenters. The van der Waals surface area contributed by atoms with E-state index in [1.807, 2.05) is 6.07 Å². The van der Waals surface area contributed by atoms with Crippen molar-refractivity contribution in [1.29, 1.82) is 5.26 Å². The fourth-order valence-electron chi connectivity index (χ4n) is 3.07. The van der Waals surface area contributed by atoms with Gasteiger partial charge >= 0.3 is 0 Å². The predicted molar refractivity (Wildman–Crippen MR) is 125 cm³/mol. The van der Waals surface area contributed by atoms with Crippen LogP contribution in [0, 0.1) is 18.3 Å². The number of benzene rings is 3. The quantitative estimate of drug-likeness (QED) is 0.420. The summed E-state index contributed by atoms with van der Waals surface area (Å²) < 4.78 is 55.2. The Morgan fingerprint density at radius 3 is 2.50 bits per heavy atom. The maximum atomic E-state index is 13.1. The van der Waals surface area contributed by atoms with Crippen LogP contribution < -0.4 is 15.2 Å². The largest absolute Gasteiger partial charge is 0.456 e. The third-order valence-corrected chi connectivity index (χ3v) is 6.23. The lowest BCUT2D eigenvalue weighted by molar-refractivity contribution is -0.115. The molecule has 3 aromatic carbocycles. The summed E-state index contributed by atoms with van der Waals surface area (Å²) in [6, 6.07) is 14.4. The summed E-state index contributed by atoms with van der Waals surface area (Å²) >= 11 is 3.34. The first-order valence-electron chi connectivity index (χ1n) is 9.69. The van der Waals surface area contributed by atoms with E-state index in [0.29, 0.717) is 27.0 Å². The summed E-state index contributed by atoms with van der Waals surface area (Å²) in [5, 5.41) is 16.9. The number of rotatable bonds is 7. The molecule has 0 aromatic heterocycles. The van der Waals surface area contributed by atoms with Crippen LogP contribution in [0.2, 0.25) is 0 Å². The van der Waals surface area contributed by atoms with Gasteiger partial charge in [0.15, 0.2) is 0 Å². The molecule has 0 saturated carbocycles. The number of nitrogens with zero attached hydrogens (tertiary/aromatic N) is 1. The lowest BCUT2D eigenvalue weighted by atomic mass is 10.1. The number of carbonyl (C=O) groups excluding carboxylic acids is 1. The van der Waals surface area contributed by atoms with E-state index in [4.69, 9.17) is 15.1 Å². The number of nitrogens with one attached hydrogen (secondary N) is 1. The highest BCUT2D eigenvalue weighted by atomic mass is 79.9. The average Bonchev–Trinajstić information content (AvgIpc) is 2.76. The van der Waals surface area contributed by atoms with E-state index in [1.165, 1.54) is 24.3 Å². The highest BCUT2D eigenvalue weighted by Crippen LogP contribution is 2.33. The number of sulfonamides is 1. The van der Waals surface area contributed by atoms with Gasteiger partial charge in [0, 0.05) is 11.3 Å². The smallest absolute Gasteiger partial charge is 0.264 e. The zero-order chi connectivity index (χ0) is 25.0.